The molecule has 1 spiro atoms. The van der Waals surface area contributed by atoms with Gasteiger partial charge in [0.15, 0.2) is 6.29 Å². The second-order valence-electron chi connectivity index (χ2n) is 27.0. The van der Waals surface area contributed by atoms with Gasteiger partial charge in [-0.05, 0) is 141 Å². The van der Waals surface area contributed by atoms with Gasteiger partial charge in [-0.25, -0.2) is 4.98 Å². The number of aromatic amines is 1. The number of carboxylic acids is 1. The predicted molar refractivity (Wildman–Crippen MR) is 280 cm³/mol. The van der Waals surface area contributed by atoms with Gasteiger partial charge in [0.05, 0.1) is 42.6 Å². The molecular formula is C58H95N5O12. The van der Waals surface area contributed by atoms with Crippen LogP contribution >= 0.6 is 0 Å². The zero-order valence-corrected chi connectivity index (χ0v) is 46.1. The molecule has 1 aromatic rings. The molecule has 6 aliphatic carbocycles. The number of imidazole rings is 1. The number of nitrogens with two attached hydrogens (primary N) is 1. The van der Waals surface area contributed by atoms with Gasteiger partial charge in [-0.15, -0.1) is 0 Å². The summed E-state index contributed by atoms with van der Waals surface area (Å²) in [7, 11) is 1.82. The molecule has 2 saturated heterocycles. The van der Waals surface area contributed by atoms with Crippen molar-refractivity contribution in [1.29, 1.82) is 0 Å². The molecule has 75 heavy (non-hydrogen) atoms. The van der Waals surface area contributed by atoms with Crippen LogP contribution in [-0.2, 0) is 19.1 Å². The quantitative estimate of drug-likeness (QED) is 0.0410. The number of aliphatic hydroxyl groups excluding tert-OH is 7. The number of aromatic nitrogens is 2. The van der Waals surface area contributed by atoms with Crippen molar-refractivity contribution in [3.8, 4) is 0 Å². The minimum atomic E-state index is -1.64. The van der Waals surface area contributed by atoms with Crippen molar-refractivity contribution in [2.24, 2.45) is 85.1 Å². The number of aliphatic carboxylic acids is 1. The van der Waals surface area contributed by atoms with Crippen molar-refractivity contribution in [2.75, 3.05) is 33.4 Å². The number of H-pyrrole nitrogens is 1. The SMILES string of the molecule is CCCCC[C@H]1C[C@@]2(C(=O)O)CC[C@](C)(CO)C[C@H]2C2=CC[C@@H]3[C@]4(C)[C@H](CC[C@@]3(C)[C@@]21C)[C@](C)(CO)[C@H](O[C@@H]1OC[C@@H](O)[C@H](O)[C@H]1O)[C@H](O)[C@@H]4C[C@H]1[C@@H]([C@H](C[C@H](CNC)[C@@H](N)O)c2cnc[nH]2)NC(=O)C12CCCC2. The molecule has 13 N–H and O–H groups in total. The van der Waals surface area contributed by atoms with E-state index in [4.69, 9.17) is 15.2 Å². The predicted octanol–water partition coefficient (Wildman–Crippen LogP) is 4.72. The Balaban J connectivity index is 1.22. The lowest BCUT2D eigenvalue weighted by Crippen LogP contribution is -2.73. The second-order valence-corrected chi connectivity index (χ2v) is 27.0. The fourth-order valence-corrected chi connectivity index (χ4v) is 19.3. The second kappa shape index (κ2) is 21.2. The topological polar surface area (TPSA) is 293 Å². The van der Waals surface area contributed by atoms with E-state index in [1.165, 1.54) is 5.57 Å². The Kier molecular flexibility index (Phi) is 16.1. The van der Waals surface area contributed by atoms with E-state index in [1.807, 2.05) is 14.0 Å². The lowest BCUT2D eigenvalue weighted by Gasteiger charge is -2.75. The minimum absolute atomic E-state index is 0.0149. The first-order chi connectivity index (χ1) is 35.5. The zero-order valence-electron chi connectivity index (χ0n) is 46.1. The van der Waals surface area contributed by atoms with Gasteiger partial charge in [-0.3, -0.25) is 9.59 Å². The molecule has 17 nitrogen and oxygen atoms in total. The summed E-state index contributed by atoms with van der Waals surface area (Å²) in [6, 6.07) is -0.461. The maximum Gasteiger partial charge on any atom is 0.310 e. The van der Waals surface area contributed by atoms with E-state index >= 15 is 4.79 Å². The molecule has 8 aliphatic rings. The largest absolute Gasteiger partial charge is 0.481 e. The number of nitrogens with one attached hydrogen (secondary N) is 3. The summed E-state index contributed by atoms with van der Waals surface area (Å²) in [5.41, 5.74) is 3.39. The van der Waals surface area contributed by atoms with Crippen LogP contribution in [-0.4, -0.2) is 145 Å². The van der Waals surface area contributed by atoms with Gasteiger partial charge in [0, 0.05) is 48.3 Å². The summed E-state index contributed by atoms with van der Waals surface area (Å²) in [5, 5.41) is 98.8. The molecule has 3 heterocycles. The number of nitrogens with zero attached hydrogens (tertiary/aromatic N) is 1. The Bertz CT molecular complexity index is 2210. The summed E-state index contributed by atoms with van der Waals surface area (Å²) in [4.78, 5) is 36.9. The highest BCUT2D eigenvalue weighted by atomic mass is 16.7. The Morgan fingerprint density at radius 2 is 1.69 bits per heavy atom. The first-order valence-electron chi connectivity index (χ1n) is 29.0. The van der Waals surface area contributed by atoms with Gasteiger partial charge >= 0.3 is 5.97 Å². The highest BCUT2D eigenvalue weighted by molar-refractivity contribution is 5.86. The Hall–Kier alpha value is -2.55. The van der Waals surface area contributed by atoms with Crippen LogP contribution in [0.5, 0.6) is 0 Å². The van der Waals surface area contributed by atoms with E-state index in [0.29, 0.717) is 70.8 Å². The number of carbonyl (C=O) groups is 2. The van der Waals surface area contributed by atoms with Crippen LogP contribution in [0.15, 0.2) is 24.2 Å². The van der Waals surface area contributed by atoms with Crippen LogP contribution < -0.4 is 16.4 Å². The fraction of sp³-hybridized carbons (Fsp3) is 0.879. The molecule has 22 atom stereocenters. The van der Waals surface area contributed by atoms with Crippen LogP contribution in [0.3, 0.4) is 0 Å². The summed E-state index contributed by atoms with van der Waals surface area (Å²) in [5.74, 6) is -3.02. The Labute approximate surface area is 445 Å². The van der Waals surface area contributed by atoms with Gasteiger partial charge in [0.2, 0.25) is 5.91 Å². The number of carboxylic acid groups (broad SMARTS) is 1. The number of amides is 1. The third-order valence-electron chi connectivity index (χ3n) is 23.7. The van der Waals surface area contributed by atoms with Gasteiger partial charge < -0.3 is 71.7 Å². The number of hydrogen-bond acceptors (Lipinski definition) is 14. The molecule has 5 saturated carbocycles. The Morgan fingerprint density at radius 1 is 0.960 bits per heavy atom. The number of aliphatic hydroxyl groups is 7. The average Bonchev–Trinajstić information content (AvgIpc) is 4.25. The normalized spacial score (nSPS) is 46.4. The van der Waals surface area contributed by atoms with E-state index in [9.17, 15) is 45.6 Å². The van der Waals surface area contributed by atoms with Crippen molar-refractivity contribution >= 4 is 11.9 Å². The minimum Gasteiger partial charge on any atom is -0.481 e. The molecule has 9 rings (SSSR count). The summed E-state index contributed by atoms with van der Waals surface area (Å²) in [6.45, 7) is 13.2. The summed E-state index contributed by atoms with van der Waals surface area (Å²) >= 11 is 0. The molecule has 424 valence electrons. The smallest absolute Gasteiger partial charge is 0.310 e. The highest BCUT2D eigenvalue weighted by Gasteiger charge is 2.75. The lowest BCUT2D eigenvalue weighted by molar-refractivity contribution is -0.341. The molecular weight excluding hydrogens is 959 g/mol. The highest BCUT2D eigenvalue weighted by Crippen LogP contribution is 2.79. The number of fused-ring (bicyclic) bond motifs is 7. The molecule has 0 radical (unpaired) electrons. The summed E-state index contributed by atoms with van der Waals surface area (Å²) in [6.07, 6.45) is 8.36. The third kappa shape index (κ3) is 8.84. The average molecular weight is 1050 g/mol. The lowest BCUT2D eigenvalue weighted by atomic mass is 9.30. The van der Waals surface area contributed by atoms with E-state index in [2.05, 4.69) is 61.3 Å². The first kappa shape index (κ1) is 57.1. The monoisotopic (exact) mass is 1050 g/mol. The third-order valence-corrected chi connectivity index (χ3v) is 23.7. The van der Waals surface area contributed by atoms with Crippen LogP contribution in [0.25, 0.3) is 0 Å². The number of ether oxygens (including phenoxy) is 2. The van der Waals surface area contributed by atoms with Crippen LogP contribution in [0.2, 0.25) is 0 Å². The molecule has 0 bridgehead atoms. The molecule has 2 aliphatic heterocycles. The molecule has 1 aromatic heterocycles. The van der Waals surface area contributed by atoms with E-state index in [-0.39, 0.29) is 67.2 Å². The van der Waals surface area contributed by atoms with E-state index in [0.717, 1.165) is 50.6 Å². The van der Waals surface area contributed by atoms with Gasteiger partial charge in [-0.1, -0.05) is 85.3 Å². The van der Waals surface area contributed by atoms with Crippen LogP contribution in [0, 0.1) is 79.3 Å². The van der Waals surface area contributed by atoms with Crippen molar-refractivity contribution in [3.63, 3.8) is 0 Å². The molecule has 0 aromatic carbocycles. The van der Waals surface area contributed by atoms with Gasteiger partial charge in [0.1, 0.15) is 24.5 Å². The number of rotatable bonds is 18. The number of unbranched alkanes of at least 4 members (excludes halogenated alkanes) is 2. The first-order valence-corrected chi connectivity index (χ1v) is 29.0. The molecule has 7 fully saturated rings. The van der Waals surface area contributed by atoms with Crippen LogP contribution in [0.1, 0.15) is 162 Å². The van der Waals surface area contributed by atoms with Crippen molar-refractivity contribution in [1.82, 2.24) is 20.6 Å². The maximum atomic E-state index is 15.1. The van der Waals surface area contributed by atoms with Gasteiger partial charge in [-0.2, -0.15) is 0 Å². The number of hydrogen-bond donors (Lipinski definition) is 12. The standard InChI is InChI=1S/C58H95N5O12/c1-8-9-10-13-33-24-58(51(72)73)21-20-52(2,29-64)25-38(58)35-14-15-42-54(4,56(33,35)6)19-16-41-53(3,30-65)47(75-49-46(69)45(68)40(66)28-74-49)44(67)37(55(41,42)5)23-36-43(63-50(71)57(36)17-11-12-18-57)34(39-27-61-31-62-39)22-32(26-60-7)48(59)70/h14,27,31-34,36-38,40-49,60,64-70H,8-13,15-26,28-30,59H2,1-7H3,(H,61,62)(H,63,71)(H,72,73)/t32-,33+,34-,36+,37+,38+,40-,41-,42+,43-,44-,45+,46-,47-,48+,49+,52+,53+,54-,55+,56-,58+/m1/s1. The molecule has 0 unspecified atom stereocenters. The van der Waals surface area contributed by atoms with E-state index < -0.39 is 98.9 Å². The summed E-state index contributed by atoms with van der Waals surface area (Å²) < 4.78 is 12.7. The fourth-order valence-electron chi connectivity index (χ4n) is 19.3. The Morgan fingerprint density at radius 3 is 2.32 bits per heavy atom. The number of allylic oxidation sites excluding steroid dienone is 2. The van der Waals surface area contributed by atoms with Gasteiger partial charge in [0.25, 0.3) is 0 Å². The van der Waals surface area contributed by atoms with Crippen molar-refractivity contribution in [3.05, 3.63) is 29.9 Å². The van der Waals surface area contributed by atoms with Crippen molar-refractivity contribution < 1.29 is 59.9 Å². The van der Waals surface area contributed by atoms with Crippen molar-refractivity contribution in [2.45, 2.75) is 206 Å². The van der Waals surface area contributed by atoms with Crippen LogP contribution in [0.4, 0.5) is 0 Å². The molecule has 1 amide bonds. The maximum absolute atomic E-state index is 15.1. The number of carbonyl (C=O) groups excluding carboxylic acids is 1. The van der Waals surface area contributed by atoms with E-state index in [1.54, 1.807) is 12.5 Å². The molecule has 17 heteroatoms. The zero-order chi connectivity index (χ0) is 54.3.